The highest BCUT2D eigenvalue weighted by molar-refractivity contribution is 5.78. The van der Waals surface area contributed by atoms with Crippen molar-refractivity contribution in [1.29, 1.82) is 0 Å². The summed E-state index contributed by atoms with van der Waals surface area (Å²) in [5, 5.41) is 3.59. The summed E-state index contributed by atoms with van der Waals surface area (Å²) in [4.78, 5) is 17.0. The SMILES string of the molecule is CCN(CC(=O)N1CCCCCCC1)CC1CCCCN1. The number of likely N-dealkylation sites (N-methyl/N-ethyl adjacent to an activating group) is 1. The fourth-order valence-corrected chi connectivity index (χ4v) is 3.49. The second kappa shape index (κ2) is 9.42. The zero-order valence-electron chi connectivity index (χ0n) is 13.8. The molecule has 1 amide bonds. The number of carbonyl (C=O) groups is 1. The second-order valence-electron chi connectivity index (χ2n) is 6.62. The third-order valence-electron chi connectivity index (χ3n) is 4.91. The van der Waals surface area contributed by atoms with E-state index < -0.39 is 0 Å². The van der Waals surface area contributed by atoms with Crippen LogP contribution in [0.4, 0.5) is 0 Å². The van der Waals surface area contributed by atoms with E-state index in [0.717, 1.165) is 32.7 Å². The van der Waals surface area contributed by atoms with Crippen molar-refractivity contribution in [2.75, 3.05) is 39.3 Å². The summed E-state index contributed by atoms with van der Waals surface area (Å²) in [6.07, 6.45) is 10.2. The monoisotopic (exact) mass is 295 g/mol. The minimum absolute atomic E-state index is 0.342. The fraction of sp³-hybridized carbons (Fsp3) is 0.941. The molecule has 0 aliphatic carbocycles. The van der Waals surface area contributed by atoms with Crippen molar-refractivity contribution in [2.45, 2.75) is 64.3 Å². The predicted molar refractivity (Wildman–Crippen MR) is 87.4 cm³/mol. The van der Waals surface area contributed by atoms with Crippen LogP contribution >= 0.6 is 0 Å². The normalized spacial score (nSPS) is 24.7. The second-order valence-corrected chi connectivity index (χ2v) is 6.62. The lowest BCUT2D eigenvalue weighted by Gasteiger charge is -2.32. The summed E-state index contributed by atoms with van der Waals surface area (Å²) in [6, 6.07) is 0.582. The van der Waals surface area contributed by atoms with Gasteiger partial charge in [-0.2, -0.15) is 0 Å². The van der Waals surface area contributed by atoms with E-state index in [0.29, 0.717) is 18.5 Å². The summed E-state index contributed by atoms with van der Waals surface area (Å²) >= 11 is 0. The number of carbonyl (C=O) groups excluding carboxylic acids is 1. The molecule has 4 nitrogen and oxygen atoms in total. The van der Waals surface area contributed by atoms with Gasteiger partial charge in [-0.05, 0) is 38.8 Å². The Balaban J connectivity index is 1.77. The van der Waals surface area contributed by atoms with Gasteiger partial charge in [0.15, 0.2) is 0 Å². The van der Waals surface area contributed by atoms with Gasteiger partial charge in [-0.1, -0.05) is 32.6 Å². The van der Waals surface area contributed by atoms with Crippen molar-refractivity contribution in [2.24, 2.45) is 0 Å². The molecule has 4 heteroatoms. The Morgan fingerprint density at radius 1 is 1.10 bits per heavy atom. The van der Waals surface area contributed by atoms with Crippen molar-refractivity contribution in [1.82, 2.24) is 15.1 Å². The molecule has 0 spiro atoms. The maximum absolute atomic E-state index is 12.5. The summed E-state index contributed by atoms with van der Waals surface area (Å²) in [5.41, 5.74) is 0. The molecule has 0 aromatic carbocycles. The number of nitrogens with one attached hydrogen (secondary N) is 1. The molecule has 0 saturated carbocycles. The van der Waals surface area contributed by atoms with E-state index in [1.807, 2.05) is 0 Å². The summed E-state index contributed by atoms with van der Waals surface area (Å²) in [5.74, 6) is 0.342. The summed E-state index contributed by atoms with van der Waals surface area (Å²) in [7, 11) is 0. The largest absolute Gasteiger partial charge is 0.342 e. The van der Waals surface area contributed by atoms with Gasteiger partial charge in [0.2, 0.25) is 5.91 Å². The van der Waals surface area contributed by atoms with E-state index in [4.69, 9.17) is 0 Å². The first-order valence-corrected chi connectivity index (χ1v) is 9.03. The van der Waals surface area contributed by atoms with E-state index in [2.05, 4.69) is 22.0 Å². The first kappa shape index (κ1) is 16.8. The number of nitrogens with zero attached hydrogens (tertiary/aromatic N) is 2. The van der Waals surface area contributed by atoms with E-state index in [-0.39, 0.29) is 0 Å². The zero-order chi connectivity index (χ0) is 14.9. The maximum atomic E-state index is 12.5. The van der Waals surface area contributed by atoms with Crippen LogP contribution in [0.25, 0.3) is 0 Å². The van der Waals surface area contributed by atoms with Crippen LogP contribution in [0.2, 0.25) is 0 Å². The van der Waals surface area contributed by atoms with Crippen LogP contribution in [-0.4, -0.2) is 61.0 Å². The molecule has 2 heterocycles. The zero-order valence-corrected chi connectivity index (χ0v) is 13.8. The molecular weight excluding hydrogens is 262 g/mol. The van der Waals surface area contributed by atoms with Gasteiger partial charge in [-0.15, -0.1) is 0 Å². The molecule has 0 aromatic rings. The highest BCUT2D eigenvalue weighted by Crippen LogP contribution is 2.12. The molecule has 2 rings (SSSR count). The Morgan fingerprint density at radius 2 is 1.81 bits per heavy atom. The van der Waals surface area contributed by atoms with Crippen molar-refractivity contribution < 1.29 is 4.79 Å². The van der Waals surface area contributed by atoms with Crippen LogP contribution in [0, 0.1) is 0 Å². The maximum Gasteiger partial charge on any atom is 0.236 e. The van der Waals surface area contributed by atoms with Crippen LogP contribution in [-0.2, 0) is 4.79 Å². The Kier molecular flexibility index (Phi) is 7.51. The first-order chi connectivity index (χ1) is 10.3. The van der Waals surface area contributed by atoms with E-state index in [1.165, 1.54) is 51.4 Å². The van der Waals surface area contributed by atoms with Gasteiger partial charge in [0, 0.05) is 25.7 Å². The molecule has 21 heavy (non-hydrogen) atoms. The van der Waals surface area contributed by atoms with Gasteiger partial charge in [0.05, 0.1) is 6.54 Å². The number of likely N-dealkylation sites (tertiary alicyclic amines) is 1. The molecule has 0 bridgehead atoms. The Morgan fingerprint density at radius 3 is 2.43 bits per heavy atom. The van der Waals surface area contributed by atoms with Gasteiger partial charge < -0.3 is 10.2 Å². The highest BCUT2D eigenvalue weighted by atomic mass is 16.2. The molecule has 2 aliphatic rings. The molecule has 2 fully saturated rings. The smallest absolute Gasteiger partial charge is 0.236 e. The highest BCUT2D eigenvalue weighted by Gasteiger charge is 2.20. The quantitative estimate of drug-likeness (QED) is 0.845. The standard InChI is InChI=1S/C17H33N3O/c1-2-19(14-16-10-6-7-11-18-16)15-17(21)20-12-8-4-3-5-9-13-20/h16,18H,2-15H2,1H3. The van der Waals surface area contributed by atoms with Crippen LogP contribution in [0.15, 0.2) is 0 Å². The van der Waals surface area contributed by atoms with Gasteiger partial charge in [-0.25, -0.2) is 0 Å². The lowest BCUT2D eigenvalue weighted by Crippen LogP contribution is -2.47. The van der Waals surface area contributed by atoms with E-state index in [9.17, 15) is 4.79 Å². The number of piperidine rings is 1. The Labute approximate surface area is 130 Å². The Hall–Kier alpha value is -0.610. The van der Waals surface area contributed by atoms with Crippen molar-refractivity contribution in [3.63, 3.8) is 0 Å². The summed E-state index contributed by atoms with van der Waals surface area (Å²) in [6.45, 7) is 7.85. The summed E-state index contributed by atoms with van der Waals surface area (Å²) < 4.78 is 0. The van der Waals surface area contributed by atoms with Gasteiger partial charge >= 0.3 is 0 Å². The van der Waals surface area contributed by atoms with Crippen LogP contribution in [0.5, 0.6) is 0 Å². The number of amides is 1. The van der Waals surface area contributed by atoms with Gasteiger partial charge in [0.1, 0.15) is 0 Å². The third kappa shape index (κ3) is 5.95. The lowest BCUT2D eigenvalue weighted by atomic mass is 10.0. The molecule has 1 N–H and O–H groups in total. The molecule has 2 aliphatic heterocycles. The minimum Gasteiger partial charge on any atom is -0.342 e. The van der Waals surface area contributed by atoms with Gasteiger partial charge in [-0.3, -0.25) is 9.69 Å². The molecule has 1 atom stereocenters. The van der Waals surface area contributed by atoms with E-state index in [1.54, 1.807) is 0 Å². The number of hydrogen-bond donors (Lipinski definition) is 1. The fourth-order valence-electron chi connectivity index (χ4n) is 3.49. The first-order valence-electron chi connectivity index (χ1n) is 9.03. The molecule has 122 valence electrons. The third-order valence-corrected chi connectivity index (χ3v) is 4.91. The van der Waals surface area contributed by atoms with Crippen LogP contribution in [0.1, 0.15) is 58.3 Å². The van der Waals surface area contributed by atoms with Crippen LogP contribution in [0.3, 0.4) is 0 Å². The Bertz CT molecular complexity index is 294. The lowest BCUT2D eigenvalue weighted by molar-refractivity contribution is -0.132. The number of hydrogen-bond acceptors (Lipinski definition) is 3. The topological polar surface area (TPSA) is 35.6 Å². The predicted octanol–water partition coefficient (Wildman–Crippen LogP) is 2.24. The minimum atomic E-state index is 0.342. The average Bonchev–Trinajstić information content (AvgIpc) is 2.47. The number of rotatable bonds is 5. The van der Waals surface area contributed by atoms with Gasteiger partial charge in [0.25, 0.3) is 0 Å². The van der Waals surface area contributed by atoms with Crippen LogP contribution < -0.4 is 5.32 Å². The van der Waals surface area contributed by atoms with Crippen molar-refractivity contribution in [3.05, 3.63) is 0 Å². The molecule has 1 unspecified atom stereocenters. The average molecular weight is 295 g/mol. The molecule has 0 radical (unpaired) electrons. The van der Waals surface area contributed by atoms with Crippen molar-refractivity contribution in [3.8, 4) is 0 Å². The van der Waals surface area contributed by atoms with E-state index >= 15 is 0 Å². The molecule has 0 aromatic heterocycles. The van der Waals surface area contributed by atoms with Crippen molar-refractivity contribution >= 4 is 5.91 Å². The molecule has 2 saturated heterocycles. The molecular formula is C17H33N3O.